The molecule has 4 N–H and O–H groups in total. The molecule has 0 saturated heterocycles. The van der Waals surface area contributed by atoms with Gasteiger partial charge in [-0.15, -0.1) is 0 Å². The van der Waals surface area contributed by atoms with E-state index in [2.05, 4.69) is 0 Å². The van der Waals surface area contributed by atoms with Gasteiger partial charge in [-0.3, -0.25) is 0 Å². The Bertz CT molecular complexity index is 1120. The van der Waals surface area contributed by atoms with Crippen molar-refractivity contribution in [1.82, 2.24) is 0 Å². The second-order valence-electron chi connectivity index (χ2n) is 9.94. The van der Waals surface area contributed by atoms with Crippen LogP contribution in [0.1, 0.15) is 92.8 Å². The van der Waals surface area contributed by atoms with Crippen LogP contribution in [0.3, 0.4) is 0 Å². The molecule has 0 amide bonds. The van der Waals surface area contributed by atoms with E-state index >= 15 is 0 Å². The molecule has 2 fully saturated rings. The van der Waals surface area contributed by atoms with Crippen molar-refractivity contribution in [2.24, 2.45) is 11.8 Å². The highest BCUT2D eigenvalue weighted by atomic mass is 16.5. The van der Waals surface area contributed by atoms with E-state index in [0.717, 1.165) is 51.4 Å². The molecular formula is C28H30O10. The zero-order chi connectivity index (χ0) is 27.4. The molecule has 0 aromatic heterocycles. The Morgan fingerprint density at radius 1 is 0.500 bits per heavy atom. The van der Waals surface area contributed by atoms with E-state index in [1.165, 1.54) is 36.4 Å². The topological polar surface area (TPSA) is 168 Å². The van der Waals surface area contributed by atoms with Crippen molar-refractivity contribution in [1.29, 1.82) is 0 Å². The molecule has 202 valence electrons. The maximum absolute atomic E-state index is 11.4. The van der Waals surface area contributed by atoms with E-state index in [1.807, 2.05) is 0 Å². The first-order valence-corrected chi connectivity index (χ1v) is 12.7. The predicted octanol–water partition coefficient (Wildman–Crippen LogP) is 5.05. The average molecular weight is 527 g/mol. The number of hydrogen-bond donors (Lipinski definition) is 4. The van der Waals surface area contributed by atoms with Crippen LogP contribution in [0.4, 0.5) is 0 Å². The highest BCUT2D eigenvalue weighted by Crippen LogP contribution is 2.40. The third-order valence-electron chi connectivity index (χ3n) is 7.61. The van der Waals surface area contributed by atoms with Crippen LogP contribution >= 0.6 is 0 Å². The molecule has 2 aromatic carbocycles. The number of carboxylic acid groups (broad SMARTS) is 4. The van der Waals surface area contributed by atoms with Crippen molar-refractivity contribution >= 4 is 23.9 Å². The zero-order valence-corrected chi connectivity index (χ0v) is 20.7. The van der Waals surface area contributed by atoms with E-state index in [-0.39, 0.29) is 34.5 Å². The van der Waals surface area contributed by atoms with E-state index in [1.54, 1.807) is 0 Å². The molecule has 2 aliphatic rings. The highest BCUT2D eigenvalue weighted by Gasteiger charge is 2.32. The molecule has 0 radical (unpaired) electrons. The molecular weight excluding hydrogens is 496 g/mol. The third-order valence-corrected chi connectivity index (χ3v) is 7.61. The Balaban J connectivity index is 1.26. The summed E-state index contributed by atoms with van der Waals surface area (Å²) in [5.74, 6) is -3.40. The fourth-order valence-corrected chi connectivity index (χ4v) is 5.66. The maximum Gasteiger partial charge on any atom is 0.336 e. The lowest BCUT2D eigenvalue weighted by Crippen LogP contribution is -2.32. The molecule has 4 rings (SSSR count). The number of ether oxygens (including phenoxy) is 2. The van der Waals surface area contributed by atoms with Gasteiger partial charge in [0.1, 0.15) is 11.5 Å². The number of carboxylic acids is 4. The van der Waals surface area contributed by atoms with Gasteiger partial charge in [0.05, 0.1) is 34.5 Å². The molecule has 0 bridgehead atoms. The standard InChI is InChI=1S/C28H30O10/c29-25(30)21-11-9-19(13-23(21)27(33)34)37-17-5-1-15(2-6-17)16-3-7-18(8-4-16)38-20-10-12-22(26(31)32)24(14-20)28(35)36/h9-18H,1-8H2,(H,29,30)(H,31,32)(H,33,34)(H,35,36). The first-order chi connectivity index (χ1) is 18.1. The Morgan fingerprint density at radius 3 is 1.11 bits per heavy atom. The quantitative estimate of drug-likeness (QED) is 0.347. The van der Waals surface area contributed by atoms with Crippen LogP contribution in [0.2, 0.25) is 0 Å². The first kappa shape index (κ1) is 27.0. The Morgan fingerprint density at radius 2 is 0.816 bits per heavy atom. The van der Waals surface area contributed by atoms with Crippen molar-refractivity contribution in [3.05, 3.63) is 58.7 Å². The second kappa shape index (κ2) is 11.5. The summed E-state index contributed by atoms with van der Waals surface area (Å²) >= 11 is 0. The average Bonchev–Trinajstić information content (AvgIpc) is 2.89. The first-order valence-electron chi connectivity index (χ1n) is 12.7. The molecule has 0 atom stereocenters. The van der Waals surface area contributed by atoms with Crippen LogP contribution in [-0.4, -0.2) is 56.5 Å². The van der Waals surface area contributed by atoms with Gasteiger partial charge < -0.3 is 29.9 Å². The third kappa shape index (κ3) is 6.24. The second-order valence-corrected chi connectivity index (χ2v) is 9.94. The van der Waals surface area contributed by atoms with Crippen molar-refractivity contribution in [3.63, 3.8) is 0 Å². The van der Waals surface area contributed by atoms with Gasteiger partial charge in [0.15, 0.2) is 0 Å². The summed E-state index contributed by atoms with van der Waals surface area (Å²) in [5.41, 5.74) is -1.13. The van der Waals surface area contributed by atoms with Gasteiger partial charge in [0.2, 0.25) is 0 Å². The van der Waals surface area contributed by atoms with Crippen LogP contribution < -0.4 is 9.47 Å². The van der Waals surface area contributed by atoms with Crippen LogP contribution in [0, 0.1) is 11.8 Å². The van der Waals surface area contributed by atoms with Crippen LogP contribution in [0.5, 0.6) is 11.5 Å². The smallest absolute Gasteiger partial charge is 0.336 e. The fraction of sp³-hybridized carbons (Fsp3) is 0.429. The van der Waals surface area contributed by atoms with Crippen molar-refractivity contribution in [2.75, 3.05) is 0 Å². The van der Waals surface area contributed by atoms with Crippen LogP contribution in [0.15, 0.2) is 36.4 Å². The summed E-state index contributed by atoms with van der Waals surface area (Å²) in [6.45, 7) is 0. The minimum absolute atomic E-state index is 0.0551. The minimum Gasteiger partial charge on any atom is -0.490 e. The van der Waals surface area contributed by atoms with Gasteiger partial charge in [-0.2, -0.15) is 0 Å². The van der Waals surface area contributed by atoms with Crippen molar-refractivity contribution < 1.29 is 49.1 Å². The molecule has 38 heavy (non-hydrogen) atoms. The van der Waals surface area contributed by atoms with Crippen LogP contribution in [-0.2, 0) is 0 Å². The Hall–Kier alpha value is -4.08. The zero-order valence-electron chi connectivity index (χ0n) is 20.7. The molecule has 0 aliphatic heterocycles. The van der Waals surface area contributed by atoms with Gasteiger partial charge >= 0.3 is 23.9 Å². The SMILES string of the molecule is O=C(O)c1ccc(OC2CCC(C3CCC(Oc4ccc(C(=O)O)c(C(=O)O)c4)CC3)CC2)cc1C(=O)O. The number of carbonyl (C=O) groups is 4. The number of aromatic carboxylic acids is 4. The molecule has 0 heterocycles. The molecule has 0 spiro atoms. The van der Waals surface area contributed by atoms with E-state index in [9.17, 15) is 39.6 Å². The van der Waals surface area contributed by atoms with Crippen molar-refractivity contribution in [2.45, 2.75) is 63.6 Å². The molecule has 10 nitrogen and oxygen atoms in total. The summed E-state index contributed by atoms with van der Waals surface area (Å²) in [7, 11) is 0. The Labute approximate surface area is 218 Å². The lowest BCUT2D eigenvalue weighted by molar-refractivity contribution is 0.0643. The maximum atomic E-state index is 11.4. The van der Waals surface area contributed by atoms with Crippen molar-refractivity contribution in [3.8, 4) is 11.5 Å². The summed E-state index contributed by atoms with van der Waals surface area (Å²) in [4.78, 5) is 45.3. The predicted molar refractivity (Wildman–Crippen MR) is 133 cm³/mol. The lowest BCUT2D eigenvalue weighted by atomic mass is 9.72. The minimum atomic E-state index is -1.31. The Kier molecular flexibility index (Phi) is 8.19. The van der Waals surface area contributed by atoms with Gasteiger partial charge in [-0.05, 0) is 99.6 Å². The van der Waals surface area contributed by atoms with Gasteiger partial charge in [-0.1, -0.05) is 0 Å². The molecule has 2 saturated carbocycles. The van der Waals surface area contributed by atoms with Gasteiger partial charge in [0.25, 0.3) is 0 Å². The number of benzene rings is 2. The highest BCUT2D eigenvalue weighted by molar-refractivity contribution is 6.02. The summed E-state index contributed by atoms with van der Waals surface area (Å²) in [5, 5.41) is 37.0. The molecule has 0 unspecified atom stereocenters. The lowest BCUT2D eigenvalue weighted by Gasteiger charge is -2.37. The van der Waals surface area contributed by atoms with E-state index in [0.29, 0.717) is 23.3 Å². The normalized spacial score (nSPS) is 23.3. The largest absolute Gasteiger partial charge is 0.490 e. The number of hydrogen-bond acceptors (Lipinski definition) is 6. The van der Waals surface area contributed by atoms with E-state index in [4.69, 9.17) is 9.47 Å². The molecule has 2 aromatic rings. The van der Waals surface area contributed by atoms with Gasteiger partial charge in [0, 0.05) is 0 Å². The molecule has 2 aliphatic carbocycles. The summed E-state index contributed by atoms with van der Waals surface area (Å²) in [6.07, 6.45) is 7.15. The number of rotatable bonds is 9. The molecule has 10 heteroatoms. The summed E-state index contributed by atoms with van der Waals surface area (Å²) < 4.78 is 12.0. The monoisotopic (exact) mass is 526 g/mol. The summed E-state index contributed by atoms with van der Waals surface area (Å²) in [6, 6.07) is 8.06. The van der Waals surface area contributed by atoms with E-state index < -0.39 is 23.9 Å². The van der Waals surface area contributed by atoms with Gasteiger partial charge in [-0.25, -0.2) is 19.2 Å². The fourth-order valence-electron chi connectivity index (χ4n) is 5.66. The van der Waals surface area contributed by atoms with Crippen LogP contribution in [0.25, 0.3) is 0 Å².